The van der Waals surface area contributed by atoms with E-state index in [0.29, 0.717) is 18.9 Å². The van der Waals surface area contributed by atoms with Gasteiger partial charge in [-0.15, -0.1) is 11.3 Å². The molecule has 1 aromatic carbocycles. The Hall–Kier alpha value is -3.03. The van der Waals surface area contributed by atoms with Crippen LogP contribution in [0.3, 0.4) is 0 Å². The molecule has 28 heavy (non-hydrogen) atoms. The number of benzene rings is 1. The van der Waals surface area contributed by atoms with Gasteiger partial charge in [-0.1, -0.05) is 18.2 Å². The van der Waals surface area contributed by atoms with Gasteiger partial charge in [0.1, 0.15) is 16.5 Å². The normalized spacial score (nSPS) is 10.9. The van der Waals surface area contributed by atoms with Crippen molar-refractivity contribution in [1.29, 1.82) is 0 Å². The van der Waals surface area contributed by atoms with Gasteiger partial charge in [-0.05, 0) is 29.8 Å². The Bertz CT molecular complexity index is 1070. The molecule has 0 atom stereocenters. The van der Waals surface area contributed by atoms with Crippen molar-refractivity contribution in [1.82, 2.24) is 9.97 Å². The van der Waals surface area contributed by atoms with E-state index in [1.165, 1.54) is 23.5 Å². The highest BCUT2D eigenvalue weighted by Gasteiger charge is 2.14. The molecule has 5 nitrogen and oxygen atoms in total. The van der Waals surface area contributed by atoms with Crippen LogP contribution >= 0.6 is 11.3 Å². The minimum Gasteiger partial charge on any atom is -0.395 e. The molecule has 0 bridgehead atoms. The van der Waals surface area contributed by atoms with Gasteiger partial charge in [0.05, 0.1) is 18.8 Å². The van der Waals surface area contributed by atoms with Crippen molar-refractivity contribution in [3.8, 4) is 11.1 Å². The number of hydrogen-bond donors (Lipinski definition) is 3. The first-order valence-corrected chi connectivity index (χ1v) is 9.79. The minimum atomic E-state index is -0.259. The molecule has 0 spiro atoms. The zero-order valence-corrected chi connectivity index (χ0v) is 15.8. The fraction of sp³-hybridized carbons (Fsp3) is 0.143. The number of nitrogens with one attached hydrogen (secondary N) is 2. The Morgan fingerprint density at radius 2 is 1.93 bits per heavy atom. The Labute approximate surface area is 165 Å². The summed E-state index contributed by atoms with van der Waals surface area (Å²) >= 11 is 1.53. The number of hydrogen-bond acceptors (Lipinski definition) is 6. The first-order valence-electron chi connectivity index (χ1n) is 8.91. The zero-order chi connectivity index (χ0) is 19.3. The second kappa shape index (κ2) is 8.33. The predicted molar refractivity (Wildman–Crippen MR) is 112 cm³/mol. The summed E-state index contributed by atoms with van der Waals surface area (Å²) in [6.45, 7) is 1.02. The van der Waals surface area contributed by atoms with E-state index in [4.69, 9.17) is 5.11 Å². The predicted octanol–water partition coefficient (Wildman–Crippen LogP) is 4.51. The Kier molecular flexibility index (Phi) is 5.45. The van der Waals surface area contributed by atoms with Gasteiger partial charge in [-0.3, -0.25) is 4.98 Å². The van der Waals surface area contributed by atoms with E-state index in [-0.39, 0.29) is 12.4 Å². The number of halogens is 1. The molecule has 3 aromatic heterocycles. The zero-order valence-electron chi connectivity index (χ0n) is 15.0. The third-order valence-electron chi connectivity index (χ3n) is 4.30. The molecular formula is C21H19FN4OS. The van der Waals surface area contributed by atoms with Crippen LogP contribution in [0.1, 0.15) is 5.69 Å². The largest absolute Gasteiger partial charge is 0.395 e. The first-order chi connectivity index (χ1) is 13.7. The van der Waals surface area contributed by atoms with E-state index in [1.807, 2.05) is 29.6 Å². The number of pyridine rings is 2. The lowest BCUT2D eigenvalue weighted by molar-refractivity contribution is 0.311. The molecule has 0 aliphatic heterocycles. The van der Waals surface area contributed by atoms with Gasteiger partial charge in [0.25, 0.3) is 0 Å². The Balaban J connectivity index is 1.76. The molecule has 0 saturated heterocycles. The molecule has 4 rings (SSSR count). The maximum absolute atomic E-state index is 13.3. The molecule has 0 aliphatic rings. The molecule has 0 amide bonds. The number of thiophene rings is 1. The monoisotopic (exact) mass is 394 g/mol. The van der Waals surface area contributed by atoms with Crippen molar-refractivity contribution in [2.45, 2.75) is 6.54 Å². The van der Waals surface area contributed by atoms with E-state index < -0.39 is 0 Å². The Morgan fingerprint density at radius 3 is 2.68 bits per heavy atom. The molecule has 4 aromatic rings. The van der Waals surface area contributed by atoms with Crippen LogP contribution in [0.15, 0.2) is 60.1 Å². The lowest BCUT2D eigenvalue weighted by atomic mass is 10.0. The van der Waals surface area contributed by atoms with Gasteiger partial charge in [0.15, 0.2) is 0 Å². The summed E-state index contributed by atoms with van der Waals surface area (Å²) in [5.74, 6) is 0.433. The second-order valence-electron chi connectivity index (χ2n) is 6.22. The van der Waals surface area contributed by atoms with Gasteiger partial charge in [0.2, 0.25) is 0 Å². The van der Waals surface area contributed by atoms with Crippen molar-refractivity contribution >= 4 is 33.1 Å². The van der Waals surface area contributed by atoms with Crippen LogP contribution < -0.4 is 10.6 Å². The minimum absolute atomic E-state index is 0.0294. The Morgan fingerprint density at radius 1 is 1.07 bits per heavy atom. The fourth-order valence-electron chi connectivity index (χ4n) is 2.99. The van der Waals surface area contributed by atoms with E-state index in [1.54, 1.807) is 18.3 Å². The topological polar surface area (TPSA) is 70.1 Å². The van der Waals surface area contributed by atoms with E-state index >= 15 is 0 Å². The maximum atomic E-state index is 13.3. The van der Waals surface area contributed by atoms with Crippen LogP contribution in [0.25, 0.3) is 21.3 Å². The van der Waals surface area contributed by atoms with Crippen molar-refractivity contribution in [2.24, 2.45) is 0 Å². The highest BCUT2D eigenvalue weighted by Crippen LogP contribution is 2.39. The van der Waals surface area contributed by atoms with E-state index in [0.717, 1.165) is 32.7 Å². The summed E-state index contributed by atoms with van der Waals surface area (Å²) in [6.07, 6.45) is 1.77. The molecule has 0 unspecified atom stereocenters. The second-order valence-corrected chi connectivity index (χ2v) is 7.07. The standard InChI is InChI=1S/C21H19FN4OS/c22-15-6-4-14(5-7-15)17-13-28-21-20(17)18(11-19(26-21)24-9-10-27)25-12-16-3-1-2-8-23-16/h1-8,11,13,27H,9-10,12H2,(H2,24,25,26). The quantitative estimate of drug-likeness (QED) is 0.430. The average molecular weight is 394 g/mol. The van der Waals surface area contributed by atoms with Gasteiger partial charge in [-0.2, -0.15) is 0 Å². The summed E-state index contributed by atoms with van der Waals surface area (Å²) in [7, 11) is 0. The highest BCUT2D eigenvalue weighted by atomic mass is 32.1. The average Bonchev–Trinajstić information content (AvgIpc) is 3.16. The summed E-state index contributed by atoms with van der Waals surface area (Å²) < 4.78 is 13.3. The molecule has 3 N–H and O–H groups in total. The number of fused-ring (bicyclic) bond motifs is 1. The number of nitrogens with zero attached hydrogens (tertiary/aromatic N) is 2. The summed E-state index contributed by atoms with van der Waals surface area (Å²) in [5, 5.41) is 18.7. The smallest absolute Gasteiger partial charge is 0.129 e. The highest BCUT2D eigenvalue weighted by molar-refractivity contribution is 7.17. The SMILES string of the molecule is OCCNc1cc(NCc2ccccn2)c2c(-c3ccc(F)cc3)csc2n1. The third-order valence-corrected chi connectivity index (χ3v) is 5.18. The fourth-order valence-corrected chi connectivity index (χ4v) is 3.96. The molecule has 0 saturated carbocycles. The molecule has 142 valence electrons. The van der Waals surface area contributed by atoms with E-state index in [2.05, 4.69) is 20.6 Å². The molecule has 0 radical (unpaired) electrons. The van der Waals surface area contributed by atoms with Crippen molar-refractivity contribution < 1.29 is 9.50 Å². The molecule has 0 aliphatic carbocycles. The molecule has 0 fully saturated rings. The lowest BCUT2D eigenvalue weighted by Gasteiger charge is -2.12. The molecule has 7 heteroatoms. The van der Waals surface area contributed by atoms with Crippen molar-refractivity contribution in [3.05, 3.63) is 71.6 Å². The maximum Gasteiger partial charge on any atom is 0.129 e. The first kappa shape index (κ1) is 18.3. The van der Waals surface area contributed by atoms with Crippen LogP contribution in [0.4, 0.5) is 15.9 Å². The van der Waals surface area contributed by atoms with Crippen LogP contribution in [0, 0.1) is 5.82 Å². The van der Waals surface area contributed by atoms with Crippen LogP contribution in [0.5, 0.6) is 0 Å². The molecular weight excluding hydrogens is 375 g/mol. The van der Waals surface area contributed by atoms with Crippen molar-refractivity contribution in [3.63, 3.8) is 0 Å². The molecule has 3 heterocycles. The van der Waals surface area contributed by atoms with Crippen LogP contribution in [0.2, 0.25) is 0 Å². The van der Waals surface area contributed by atoms with Gasteiger partial charge in [-0.25, -0.2) is 9.37 Å². The summed E-state index contributed by atoms with van der Waals surface area (Å²) in [6, 6.07) is 14.2. The van der Waals surface area contributed by atoms with Crippen molar-refractivity contribution in [2.75, 3.05) is 23.8 Å². The van der Waals surface area contributed by atoms with Gasteiger partial charge >= 0.3 is 0 Å². The van der Waals surface area contributed by atoms with Gasteiger partial charge in [0, 0.05) is 40.8 Å². The number of aliphatic hydroxyl groups excluding tert-OH is 1. The summed E-state index contributed by atoms with van der Waals surface area (Å²) in [5.41, 5.74) is 3.78. The summed E-state index contributed by atoms with van der Waals surface area (Å²) in [4.78, 5) is 9.88. The van der Waals surface area contributed by atoms with Gasteiger partial charge < -0.3 is 15.7 Å². The number of rotatable bonds is 7. The van der Waals surface area contributed by atoms with Crippen LogP contribution in [-0.2, 0) is 6.54 Å². The number of aromatic nitrogens is 2. The van der Waals surface area contributed by atoms with E-state index in [9.17, 15) is 4.39 Å². The third kappa shape index (κ3) is 3.95. The number of aliphatic hydroxyl groups is 1. The van der Waals surface area contributed by atoms with Crippen LogP contribution in [-0.4, -0.2) is 28.2 Å². The lowest BCUT2D eigenvalue weighted by Crippen LogP contribution is -2.08. The number of anilines is 2.